The van der Waals surface area contributed by atoms with Crippen LogP contribution >= 0.6 is 11.8 Å². The summed E-state index contributed by atoms with van der Waals surface area (Å²) in [6, 6.07) is 7.38. The van der Waals surface area contributed by atoms with E-state index in [1.54, 1.807) is 44.1 Å². The topological polar surface area (TPSA) is 84.4 Å². The molecule has 0 atom stereocenters. The summed E-state index contributed by atoms with van der Waals surface area (Å²) in [5.41, 5.74) is 0.0189. The van der Waals surface area contributed by atoms with Crippen LogP contribution in [0, 0.1) is 0 Å². The van der Waals surface area contributed by atoms with E-state index in [4.69, 9.17) is 4.74 Å². The normalized spacial score (nSPS) is 13.5. The molecule has 0 saturated carbocycles. The quantitative estimate of drug-likeness (QED) is 0.891. The number of nitrogens with one attached hydrogen (secondary N) is 1. The molecule has 2 aromatic rings. The summed E-state index contributed by atoms with van der Waals surface area (Å²) in [7, 11) is 0. The number of amides is 2. The predicted octanol–water partition coefficient (Wildman–Crippen LogP) is 3.11. The molecule has 0 unspecified atom stereocenters. The van der Waals surface area contributed by atoms with Gasteiger partial charge in [0.1, 0.15) is 10.6 Å². The van der Waals surface area contributed by atoms with Crippen LogP contribution < -0.4 is 10.2 Å². The van der Waals surface area contributed by atoms with Crippen LogP contribution in [-0.4, -0.2) is 40.7 Å². The number of ether oxygens (including phenoxy) is 1. The lowest BCUT2D eigenvalue weighted by Crippen LogP contribution is -2.40. The Hall–Kier alpha value is -2.61. The van der Waals surface area contributed by atoms with Gasteiger partial charge in [0.15, 0.2) is 5.82 Å². The molecule has 1 aromatic heterocycles. The van der Waals surface area contributed by atoms with Crippen molar-refractivity contribution in [1.29, 1.82) is 0 Å². The van der Waals surface area contributed by atoms with Crippen molar-refractivity contribution in [2.24, 2.45) is 0 Å². The van der Waals surface area contributed by atoms with Crippen LogP contribution in [0.5, 0.6) is 0 Å². The van der Waals surface area contributed by atoms with E-state index in [2.05, 4.69) is 15.3 Å². The average molecular weight is 372 g/mol. The van der Waals surface area contributed by atoms with Gasteiger partial charge in [0.2, 0.25) is 0 Å². The lowest BCUT2D eigenvalue weighted by atomic mass is 10.2. The van der Waals surface area contributed by atoms with Gasteiger partial charge in [-0.1, -0.05) is 23.9 Å². The maximum absolute atomic E-state index is 13.0. The molecule has 26 heavy (non-hydrogen) atoms. The van der Waals surface area contributed by atoms with E-state index in [-0.39, 0.29) is 19.0 Å². The molecule has 8 heteroatoms. The fourth-order valence-electron chi connectivity index (χ4n) is 2.44. The minimum absolute atomic E-state index is 0.168. The maximum Gasteiger partial charge on any atom is 0.407 e. The average Bonchev–Trinajstić information content (AvgIpc) is 2.69. The molecule has 1 aliphatic heterocycles. The molecule has 0 saturated heterocycles. The fourth-order valence-corrected chi connectivity index (χ4v) is 3.43. The number of hydrogen-bond donors (Lipinski definition) is 1. The summed E-state index contributed by atoms with van der Waals surface area (Å²) >= 11 is 1.41. The van der Waals surface area contributed by atoms with Crippen molar-refractivity contribution >= 4 is 29.6 Å². The molecule has 0 fully saturated rings. The number of nitrogens with zero attached hydrogens (tertiary/aromatic N) is 3. The standard InChI is InChI=1S/C18H20N4O3S/c1-18(2,3)25-17(24)21-10-11-22-14-15(20-9-8-19-14)26-13-7-5-4-6-12(13)16(22)23/h4-9H,10-11H2,1-3H3,(H,21,24). The van der Waals surface area contributed by atoms with E-state index in [0.29, 0.717) is 16.4 Å². The van der Waals surface area contributed by atoms with Crippen LogP contribution in [0.25, 0.3) is 0 Å². The first kappa shape index (κ1) is 18.2. The third kappa shape index (κ3) is 4.13. The van der Waals surface area contributed by atoms with E-state index in [1.165, 1.54) is 11.8 Å². The van der Waals surface area contributed by atoms with Gasteiger partial charge >= 0.3 is 6.09 Å². The van der Waals surface area contributed by atoms with Gasteiger partial charge in [-0.05, 0) is 32.9 Å². The molecule has 0 spiro atoms. The zero-order valence-electron chi connectivity index (χ0n) is 14.9. The molecule has 7 nitrogen and oxygen atoms in total. The minimum Gasteiger partial charge on any atom is -0.444 e. The Kier molecular flexibility index (Phi) is 5.13. The number of carbonyl (C=O) groups is 2. The Bertz CT molecular complexity index is 835. The van der Waals surface area contributed by atoms with Gasteiger partial charge in [-0.25, -0.2) is 14.8 Å². The van der Waals surface area contributed by atoms with Crippen LogP contribution in [0.15, 0.2) is 46.6 Å². The smallest absolute Gasteiger partial charge is 0.407 e. The van der Waals surface area contributed by atoms with E-state index >= 15 is 0 Å². The molecule has 3 rings (SSSR count). The first-order valence-corrected chi connectivity index (χ1v) is 9.03. The lowest BCUT2D eigenvalue weighted by Gasteiger charge is -2.23. The molecule has 136 valence electrons. The van der Waals surface area contributed by atoms with Crippen molar-refractivity contribution in [2.75, 3.05) is 18.0 Å². The van der Waals surface area contributed by atoms with Crippen molar-refractivity contribution in [1.82, 2.24) is 15.3 Å². The first-order valence-electron chi connectivity index (χ1n) is 8.22. The van der Waals surface area contributed by atoms with Gasteiger partial charge in [0, 0.05) is 30.4 Å². The molecule has 1 aliphatic rings. The van der Waals surface area contributed by atoms with Crippen LogP contribution in [0.2, 0.25) is 0 Å². The molecule has 1 N–H and O–H groups in total. The zero-order valence-corrected chi connectivity index (χ0v) is 15.7. The third-order valence-corrected chi connectivity index (χ3v) is 4.53. The number of aromatic nitrogens is 2. The molecular weight excluding hydrogens is 352 g/mol. The summed E-state index contributed by atoms with van der Waals surface area (Å²) < 4.78 is 5.22. The number of fused-ring (bicyclic) bond motifs is 2. The number of benzene rings is 1. The number of hydrogen-bond acceptors (Lipinski definition) is 6. The van der Waals surface area contributed by atoms with Crippen molar-refractivity contribution in [3.63, 3.8) is 0 Å². The lowest BCUT2D eigenvalue weighted by molar-refractivity contribution is 0.0528. The predicted molar refractivity (Wildman–Crippen MR) is 98.5 cm³/mol. The molecule has 2 amide bonds. The molecule has 1 aromatic carbocycles. The van der Waals surface area contributed by atoms with Gasteiger partial charge in [0.05, 0.1) is 5.56 Å². The summed E-state index contributed by atoms with van der Waals surface area (Å²) in [4.78, 5) is 35.9. The van der Waals surface area contributed by atoms with Crippen LogP contribution in [0.4, 0.5) is 10.6 Å². The number of anilines is 1. The van der Waals surface area contributed by atoms with Crippen molar-refractivity contribution in [3.8, 4) is 0 Å². The molecule has 0 bridgehead atoms. The second-order valence-corrected chi connectivity index (χ2v) is 7.70. The summed E-state index contributed by atoms with van der Waals surface area (Å²) in [5, 5.41) is 3.33. The highest BCUT2D eigenvalue weighted by atomic mass is 32.2. The second kappa shape index (κ2) is 7.33. The highest BCUT2D eigenvalue weighted by Gasteiger charge is 2.28. The summed E-state index contributed by atoms with van der Waals surface area (Å²) in [6.07, 6.45) is 2.63. The van der Waals surface area contributed by atoms with E-state index in [0.717, 1.165) is 4.90 Å². The van der Waals surface area contributed by atoms with E-state index < -0.39 is 11.7 Å². The highest BCUT2D eigenvalue weighted by Crippen LogP contribution is 2.38. The fraction of sp³-hybridized carbons (Fsp3) is 0.333. The number of carbonyl (C=O) groups excluding carboxylic acids is 2. The molecule has 0 aliphatic carbocycles. The van der Waals surface area contributed by atoms with Crippen molar-refractivity contribution in [3.05, 3.63) is 42.2 Å². The second-order valence-electron chi connectivity index (χ2n) is 6.67. The van der Waals surface area contributed by atoms with Crippen molar-refractivity contribution in [2.45, 2.75) is 36.3 Å². The third-order valence-electron chi connectivity index (χ3n) is 3.48. The number of rotatable bonds is 3. The highest BCUT2D eigenvalue weighted by molar-refractivity contribution is 7.99. The Morgan fingerprint density at radius 2 is 1.96 bits per heavy atom. The Morgan fingerprint density at radius 1 is 1.23 bits per heavy atom. The van der Waals surface area contributed by atoms with E-state index in [1.807, 2.05) is 18.2 Å². The zero-order chi connectivity index (χ0) is 18.7. The first-order chi connectivity index (χ1) is 12.3. The number of alkyl carbamates (subject to hydrolysis) is 1. The largest absolute Gasteiger partial charge is 0.444 e. The molecular formula is C18H20N4O3S. The van der Waals surface area contributed by atoms with Gasteiger partial charge < -0.3 is 10.1 Å². The Morgan fingerprint density at radius 3 is 2.73 bits per heavy atom. The molecule has 2 heterocycles. The van der Waals surface area contributed by atoms with Crippen LogP contribution in [0.3, 0.4) is 0 Å². The van der Waals surface area contributed by atoms with Crippen molar-refractivity contribution < 1.29 is 14.3 Å². The van der Waals surface area contributed by atoms with Gasteiger partial charge in [0.25, 0.3) is 5.91 Å². The summed E-state index contributed by atoms with van der Waals surface area (Å²) in [5.74, 6) is 0.322. The van der Waals surface area contributed by atoms with Gasteiger partial charge in [-0.15, -0.1) is 0 Å². The minimum atomic E-state index is -0.573. The SMILES string of the molecule is CC(C)(C)OC(=O)NCCN1C(=O)c2ccccc2Sc2nccnc21. The Balaban J connectivity index is 1.79. The van der Waals surface area contributed by atoms with E-state index in [9.17, 15) is 9.59 Å². The summed E-state index contributed by atoms with van der Waals surface area (Å²) in [6.45, 7) is 5.89. The molecule has 0 radical (unpaired) electrons. The Labute approximate surface area is 156 Å². The monoisotopic (exact) mass is 372 g/mol. The van der Waals surface area contributed by atoms with Crippen LogP contribution in [0.1, 0.15) is 31.1 Å². The van der Waals surface area contributed by atoms with Crippen LogP contribution in [-0.2, 0) is 4.74 Å². The van der Waals surface area contributed by atoms with Gasteiger partial charge in [-0.3, -0.25) is 9.69 Å². The maximum atomic E-state index is 13.0. The van der Waals surface area contributed by atoms with Gasteiger partial charge in [-0.2, -0.15) is 0 Å².